The molecule has 0 aliphatic carbocycles. The summed E-state index contributed by atoms with van der Waals surface area (Å²) in [4.78, 5) is 11.5. The topological polar surface area (TPSA) is 50.1 Å². The lowest BCUT2D eigenvalue weighted by Gasteiger charge is -2.09. The van der Waals surface area contributed by atoms with Crippen molar-refractivity contribution in [3.05, 3.63) is 34.3 Å². The second kappa shape index (κ2) is 5.52. The molecule has 1 atom stereocenters. The van der Waals surface area contributed by atoms with Gasteiger partial charge in [-0.3, -0.25) is 4.79 Å². The summed E-state index contributed by atoms with van der Waals surface area (Å²) in [5.41, 5.74) is 0.637. The summed E-state index contributed by atoms with van der Waals surface area (Å²) < 4.78 is 5.56. The Labute approximate surface area is 96.8 Å². The van der Waals surface area contributed by atoms with Crippen LogP contribution < -0.4 is 0 Å². The van der Waals surface area contributed by atoms with Gasteiger partial charge in [0, 0.05) is 4.47 Å². The van der Waals surface area contributed by atoms with Crippen LogP contribution in [0.15, 0.2) is 28.7 Å². The SMILES string of the molecule is CCOC(=O)[C@H](C#N)c1ccccc1Br. The molecular weight excluding hydrogens is 258 g/mol. The molecule has 0 fully saturated rings. The number of rotatable bonds is 3. The molecule has 4 heteroatoms. The summed E-state index contributed by atoms with van der Waals surface area (Å²) in [6, 6.07) is 9.07. The van der Waals surface area contributed by atoms with Crippen LogP contribution in [0.2, 0.25) is 0 Å². The second-order valence-electron chi connectivity index (χ2n) is 2.84. The molecule has 0 aliphatic rings. The third kappa shape index (κ3) is 2.80. The first-order valence-electron chi connectivity index (χ1n) is 4.51. The van der Waals surface area contributed by atoms with Gasteiger partial charge in [0.25, 0.3) is 0 Å². The van der Waals surface area contributed by atoms with E-state index in [0.29, 0.717) is 5.56 Å². The first kappa shape index (κ1) is 11.7. The van der Waals surface area contributed by atoms with Crippen molar-refractivity contribution in [2.24, 2.45) is 0 Å². The van der Waals surface area contributed by atoms with Gasteiger partial charge >= 0.3 is 5.97 Å². The summed E-state index contributed by atoms with van der Waals surface area (Å²) in [5, 5.41) is 8.93. The van der Waals surface area contributed by atoms with E-state index in [1.165, 1.54) is 0 Å². The van der Waals surface area contributed by atoms with Crippen molar-refractivity contribution >= 4 is 21.9 Å². The highest BCUT2D eigenvalue weighted by atomic mass is 79.9. The van der Waals surface area contributed by atoms with Gasteiger partial charge in [-0.05, 0) is 18.6 Å². The molecule has 0 N–H and O–H groups in total. The molecule has 1 aromatic carbocycles. The summed E-state index contributed by atoms with van der Waals surface area (Å²) in [6.07, 6.45) is 0. The molecule has 0 spiro atoms. The summed E-state index contributed by atoms with van der Waals surface area (Å²) >= 11 is 3.30. The van der Waals surface area contributed by atoms with Crippen LogP contribution in [-0.4, -0.2) is 12.6 Å². The molecule has 78 valence electrons. The van der Waals surface area contributed by atoms with Crippen molar-refractivity contribution < 1.29 is 9.53 Å². The van der Waals surface area contributed by atoms with Gasteiger partial charge in [-0.15, -0.1) is 0 Å². The molecule has 0 saturated carbocycles. The highest BCUT2D eigenvalue weighted by molar-refractivity contribution is 9.10. The van der Waals surface area contributed by atoms with Gasteiger partial charge in [0.05, 0.1) is 12.7 Å². The zero-order chi connectivity index (χ0) is 11.3. The van der Waals surface area contributed by atoms with Crippen molar-refractivity contribution in [2.45, 2.75) is 12.8 Å². The standard InChI is InChI=1S/C11H10BrNO2/c1-2-15-11(14)9(7-13)8-5-3-4-6-10(8)12/h3-6,9H,2H2,1H3/t9-/m1/s1. The van der Waals surface area contributed by atoms with E-state index < -0.39 is 11.9 Å². The van der Waals surface area contributed by atoms with E-state index in [1.807, 2.05) is 12.1 Å². The maximum absolute atomic E-state index is 11.5. The van der Waals surface area contributed by atoms with Crippen LogP contribution in [0.4, 0.5) is 0 Å². The third-order valence-corrected chi connectivity index (χ3v) is 2.59. The quantitative estimate of drug-likeness (QED) is 0.792. The predicted octanol–water partition coefficient (Wildman–Crippen LogP) is 2.62. The second-order valence-corrected chi connectivity index (χ2v) is 3.69. The molecule has 0 aliphatic heterocycles. The van der Waals surface area contributed by atoms with Crippen LogP contribution in [0.1, 0.15) is 18.4 Å². The Morgan fingerprint density at radius 3 is 2.80 bits per heavy atom. The van der Waals surface area contributed by atoms with Crippen LogP contribution in [0.25, 0.3) is 0 Å². The Morgan fingerprint density at radius 2 is 2.27 bits per heavy atom. The molecule has 0 unspecified atom stereocenters. The van der Waals surface area contributed by atoms with E-state index in [9.17, 15) is 4.79 Å². The Kier molecular flexibility index (Phi) is 4.32. The lowest BCUT2D eigenvalue weighted by Crippen LogP contribution is -2.14. The van der Waals surface area contributed by atoms with Gasteiger partial charge in [0.15, 0.2) is 5.92 Å². The maximum atomic E-state index is 11.5. The van der Waals surface area contributed by atoms with Gasteiger partial charge in [0.1, 0.15) is 0 Å². The van der Waals surface area contributed by atoms with E-state index >= 15 is 0 Å². The van der Waals surface area contributed by atoms with Crippen molar-refractivity contribution in [1.82, 2.24) is 0 Å². The minimum atomic E-state index is -0.861. The van der Waals surface area contributed by atoms with Crippen molar-refractivity contribution in [2.75, 3.05) is 6.61 Å². The fourth-order valence-corrected chi connectivity index (χ4v) is 1.70. The normalized spacial score (nSPS) is 11.5. The Bertz CT molecular complexity index is 398. The number of hydrogen-bond acceptors (Lipinski definition) is 3. The minimum absolute atomic E-state index is 0.279. The smallest absolute Gasteiger partial charge is 0.327 e. The Hall–Kier alpha value is -1.34. The number of benzene rings is 1. The van der Waals surface area contributed by atoms with E-state index in [1.54, 1.807) is 25.1 Å². The highest BCUT2D eigenvalue weighted by Crippen LogP contribution is 2.25. The summed E-state index contributed by atoms with van der Waals surface area (Å²) in [6.45, 7) is 1.99. The van der Waals surface area contributed by atoms with Gasteiger partial charge in [-0.2, -0.15) is 5.26 Å². The van der Waals surface area contributed by atoms with Crippen molar-refractivity contribution in [1.29, 1.82) is 5.26 Å². The number of esters is 1. The molecule has 1 rings (SSSR count). The molecule has 0 aromatic heterocycles. The zero-order valence-corrected chi connectivity index (χ0v) is 9.82. The average molecular weight is 268 g/mol. The molecule has 0 saturated heterocycles. The van der Waals surface area contributed by atoms with E-state index in [4.69, 9.17) is 10.00 Å². The monoisotopic (exact) mass is 267 g/mol. The van der Waals surface area contributed by atoms with E-state index in [0.717, 1.165) is 4.47 Å². The number of ether oxygens (including phenoxy) is 1. The van der Waals surface area contributed by atoms with Crippen LogP contribution in [0.3, 0.4) is 0 Å². The molecule has 0 heterocycles. The Balaban J connectivity index is 2.99. The fourth-order valence-electron chi connectivity index (χ4n) is 1.18. The molecule has 15 heavy (non-hydrogen) atoms. The number of nitrogens with zero attached hydrogens (tertiary/aromatic N) is 1. The third-order valence-electron chi connectivity index (χ3n) is 1.87. The molecule has 0 amide bonds. The molecule has 3 nitrogen and oxygen atoms in total. The van der Waals surface area contributed by atoms with Crippen LogP contribution in [0.5, 0.6) is 0 Å². The largest absolute Gasteiger partial charge is 0.465 e. The van der Waals surface area contributed by atoms with Gasteiger partial charge in [-0.25, -0.2) is 0 Å². The van der Waals surface area contributed by atoms with Crippen LogP contribution in [0, 0.1) is 11.3 Å². The molecule has 0 radical (unpaired) electrons. The Morgan fingerprint density at radius 1 is 1.60 bits per heavy atom. The number of hydrogen-bond donors (Lipinski definition) is 0. The van der Waals surface area contributed by atoms with Crippen molar-refractivity contribution in [3.63, 3.8) is 0 Å². The lowest BCUT2D eigenvalue weighted by atomic mass is 10.0. The van der Waals surface area contributed by atoms with Crippen LogP contribution in [-0.2, 0) is 9.53 Å². The first-order valence-corrected chi connectivity index (χ1v) is 5.30. The molecular formula is C11H10BrNO2. The molecule has 1 aromatic rings. The molecule has 0 bridgehead atoms. The summed E-state index contributed by atoms with van der Waals surface area (Å²) in [5.74, 6) is -1.37. The number of carbonyl (C=O) groups is 1. The minimum Gasteiger partial charge on any atom is -0.465 e. The van der Waals surface area contributed by atoms with Crippen molar-refractivity contribution in [3.8, 4) is 6.07 Å². The van der Waals surface area contributed by atoms with Crippen LogP contribution >= 0.6 is 15.9 Å². The summed E-state index contributed by atoms with van der Waals surface area (Å²) in [7, 11) is 0. The van der Waals surface area contributed by atoms with Gasteiger partial charge in [0.2, 0.25) is 0 Å². The predicted molar refractivity (Wildman–Crippen MR) is 59.1 cm³/mol. The van der Waals surface area contributed by atoms with E-state index in [-0.39, 0.29) is 6.61 Å². The number of halogens is 1. The average Bonchev–Trinajstić information content (AvgIpc) is 2.22. The van der Waals surface area contributed by atoms with Gasteiger partial charge in [-0.1, -0.05) is 34.1 Å². The van der Waals surface area contributed by atoms with E-state index in [2.05, 4.69) is 15.9 Å². The lowest BCUT2D eigenvalue weighted by molar-refractivity contribution is -0.143. The first-order chi connectivity index (χ1) is 7.20. The number of carbonyl (C=O) groups excluding carboxylic acids is 1. The van der Waals surface area contributed by atoms with Gasteiger partial charge < -0.3 is 4.74 Å². The number of nitriles is 1. The maximum Gasteiger partial charge on any atom is 0.327 e. The highest BCUT2D eigenvalue weighted by Gasteiger charge is 2.23. The fraction of sp³-hybridized carbons (Fsp3) is 0.273. The zero-order valence-electron chi connectivity index (χ0n) is 8.24.